The highest BCUT2D eigenvalue weighted by molar-refractivity contribution is 5.78. The van der Waals surface area contributed by atoms with Crippen LogP contribution >= 0.6 is 0 Å². The Kier molecular flexibility index (Phi) is 5.26. The van der Waals surface area contributed by atoms with Gasteiger partial charge in [-0.15, -0.1) is 6.42 Å². The van der Waals surface area contributed by atoms with Crippen LogP contribution in [0.1, 0.15) is 24.1 Å². The Bertz CT molecular complexity index is 1110. The van der Waals surface area contributed by atoms with Crippen LogP contribution in [0.2, 0.25) is 0 Å². The van der Waals surface area contributed by atoms with Crippen LogP contribution in [0.25, 0.3) is 5.65 Å². The molecule has 3 aromatic rings. The molecule has 0 aliphatic carbocycles. The number of piperazine rings is 1. The lowest BCUT2D eigenvalue weighted by atomic mass is 10.1. The molecule has 8 nitrogen and oxygen atoms in total. The first-order valence-electron chi connectivity index (χ1n) is 10.6. The van der Waals surface area contributed by atoms with Crippen molar-refractivity contribution in [2.45, 2.75) is 31.3 Å². The number of likely N-dealkylation sites (tertiary alicyclic amines) is 1. The van der Waals surface area contributed by atoms with E-state index in [2.05, 4.69) is 25.9 Å². The van der Waals surface area contributed by atoms with Crippen molar-refractivity contribution in [1.82, 2.24) is 24.5 Å². The number of pyridine rings is 2. The van der Waals surface area contributed by atoms with Gasteiger partial charge >= 0.3 is 0 Å². The van der Waals surface area contributed by atoms with E-state index in [9.17, 15) is 4.79 Å². The normalized spacial score (nSPS) is 20.2. The largest absolute Gasteiger partial charge is 0.371 e. The molecule has 5 rings (SSSR count). The van der Waals surface area contributed by atoms with Gasteiger partial charge in [-0.3, -0.25) is 4.79 Å². The number of amides is 1. The summed E-state index contributed by atoms with van der Waals surface area (Å²) in [6.07, 6.45) is 11.5. The fraction of sp³-hybridized carbons (Fsp3) is 0.391. The van der Waals surface area contributed by atoms with Gasteiger partial charge in [0.05, 0.1) is 6.61 Å². The smallest absolute Gasteiger partial charge is 0.248 e. The van der Waals surface area contributed by atoms with E-state index in [1.54, 1.807) is 10.7 Å². The van der Waals surface area contributed by atoms with Crippen molar-refractivity contribution < 1.29 is 9.53 Å². The number of aromatic nitrogens is 4. The van der Waals surface area contributed by atoms with E-state index >= 15 is 0 Å². The SMILES string of the molecule is C#Cc1ccc(N2C3CCC2CN(C(=O)COCCc2cccc4ncnn24)C3)nc1. The summed E-state index contributed by atoms with van der Waals surface area (Å²) in [6.45, 7) is 1.97. The summed E-state index contributed by atoms with van der Waals surface area (Å²) in [5, 5.41) is 4.23. The first-order valence-corrected chi connectivity index (χ1v) is 10.6. The van der Waals surface area contributed by atoms with Gasteiger partial charge in [-0.1, -0.05) is 12.0 Å². The highest BCUT2D eigenvalue weighted by atomic mass is 16.5. The van der Waals surface area contributed by atoms with E-state index in [-0.39, 0.29) is 24.6 Å². The molecule has 0 N–H and O–H groups in total. The number of hydrogen-bond acceptors (Lipinski definition) is 6. The molecule has 2 atom stereocenters. The highest BCUT2D eigenvalue weighted by Gasteiger charge is 2.41. The van der Waals surface area contributed by atoms with Gasteiger partial charge in [0.1, 0.15) is 18.8 Å². The molecular weight excluding hydrogens is 392 g/mol. The number of rotatable bonds is 6. The molecule has 158 valence electrons. The van der Waals surface area contributed by atoms with Crippen LogP contribution in [0.3, 0.4) is 0 Å². The Labute approximate surface area is 180 Å². The van der Waals surface area contributed by atoms with Crippen molar-refractivity contribution in [2.24, 2.45) is 0 Å². The van der Waals surface area contributed by atoms with Gasteiger partial charge in [-0.25, -0.2) is 14.5 Å². The zero-order valence-corrected chi connectivity index (χ0v) is 17.2. The third kappa shape index (κ3) is 3.84. The molecule has 5 heterocycles. The lowest BCUT2D eigenvalue weighted by Gasteiger charge is -2.41. The Morgan fingerprint density at radius 1 is 1.16 bits per heavy atom. The van der Waals surface area contributed by atoms with E-state index in [1.807, 2.05) is 35.2 Å². The summed E-state index contributed by atoms with van der Waals surface area (Å²) in [6, 6.07) is 10.3. The number of ether oxygens (including phenoxy) is 1. The van der Waals surface area contributed by atoms with Gasteiger partial charge < -0.3 is 14.5 Å². The fourth-order valence-electron chi connectivity index (χ4n) is 4.62. The molecule has 2 saturated heterocycles. The second-order valence-electron chi connectivity index (χ2n) is 7.99. The number of carbonyl (C=O) groups is 1. The molecule has 1 amide bonds. The Morgan fingerprint density at radius 3 is 2.74 bits per heavy atom. The maximum Gasteiger partial charge on any atom is 0.248 e. The van der Waals surface area contributed by atoms with E-state index in [0.717, 1.165) is 35.6 Å². The van der Waals surface area contributed by atoms with Crippen LogP contribution in [0.4, 0.5) is 5.82 Å². The summed E-state index contributed by atoms with van der Waals surface area (Å²) in [5.74, 6) is 3.59. The van der Waals surface area contributed by atoms with E-state index in [4.69, 9.17) is 11.2 Å². The summed E-state index contributed by atoms with van der Waals surface area (Å²) in [5.41, 5.74) is 2.60. The van der Waals surface area contributed by atoms with Crippen LogP contribution in [-0.4, -0.2) is 68.8 Å². The number of carbonyl (C=O) groups excluding carboxylic acids is 1. The minimum atomic E-state index is 0.0474. The van der Waals surface area contributed by atoms with Crippen molar-refractivity contribution >= 4 is 17.4 Å². The van der Waals surface area contributed by atoms with Crippen molar-refractivity contribution in [3.05, 3.63) is 54.1 Å². The Hall–Kier alpha value is -3.44. The molecule has 2 unspecified atom stereocenters. The van der Waals surface area contributed by atoms with Crippen LogP contribution < -0.4 is 4.90 Å². The summed E-state index contributed by atoms with van der Waals surface area (Å²) < 4.78 is 7.51. The topological polar surface area (TPSA) is 75.9 Å². The molecule has 2 aliphatic heterocycles. The predicted octanol–water partition coefficient (Wildman–Crippen LogP) is 1.54. The van der Waals surface area contributed by atoms with Gasteiger partial charge in [0.25, 0.3) is 0 Å². The quantitative estimate of drug-likeness (QED) is 0.448. The second kappa shape index (κ2) is 8.36. The van der Waals surface area contributed by atoms with Crippen LogP contribution in [0.5, 0.6) is 0 Å². The molecule has 0 aromatic carbocycles. The predicted molar refractivity (Wildman–Crippen MR) is 116 cm³/mol. The standard InChI is InChI=1S/C23H24N6O2/c1-2-17-6-9-21(24-12-17)28-19-7-8-20(28)14-27(13-19)23(30)15-31-11-10-18-4-3-5-22-25-16-26-29(18)22/h1,3-6,9,12,16,19-20H,7-8,10-11,13-15H2. The van der Waals surface area contributed by atoms with Gasteiger partial charge in [0, 0.05) is 49.0 Å². The third-order valence-electron chi connectivity index (χ3n) is 6.12. The highest BCUT2D eigenvalue weighted by Crippen LogP contribution is 2.33. The zero-order chi connectivity index (χ0) is 21.2. The molecule has 2 aliphatic rings. The number of nitrogens with zero attached hydrogens (tertiary/aromatic N) is 6. The second-order valence-corrected chi connectivity index (χ2v) is 7.99. The number of hydrogen-bond donors (Lipinski definition) is 0. The fourth-order valence-corrected chi connectivity index (χ4v) is 4.62. The van der Waals surface area contributed by atoms with Crippen molar-refractivity contribution in [1.29, 1.82) is 0 Å². The number of fused-ring (bicyclic) bond motifs is 3. The summed E-state index contributed by atoms with van der Waals surface area (Å²) in [7, 11) is 0. The molecule has 0 spiro atoms. The Morgan fingerprint density at radius 2 is 2.00 bits per heavy atom. The third-order valence-corrected chi connectivity index (χ3v) is 6.12. The van der Waals surface area contributed by atoms with E-state index in [1.165, 1.54) is 6.33 Å². The van der Waals surface area contributed by atoms with Gasteiger partial charge in [-0.2, -0.15) is 5.10 Å². The molecular formula is C23H24N6O2. The van der Waals surface area contributed by atoms with Crippen LogP contribution in [0.15, 0.2) is 42.9 Å². The van der Waals surface area contributed by atoms with Crippen molar-refractivity contribution in [2.75, 3.05) is 31.2 Å². The maximum atomic E-state index is 12.7. The maximum absolute atomic E-state index is 12.7. The number of anilines is 1. The lowest BCUT2D eigenvalue weighted by molar-refractivity contribution is -0.137. The minimum Gasteiger partial charge on any atom is -0.371 e. The molecule has 0 saturated carbocycles. The molecule has 2 fully saturated rings. The van der Waals surface area contributed by atoms with Crippen LogP contribution in [0, 0.1) is 12.3 Å². The van der Waals surface area contributed by atoms with E-state index < -0.39 is 0 Å². The molecule has 8 heteroatoms. The number of terminal acetylenes is 1. The molecule has 31 heavy (non-hydrogen) atoms. The van der Waals surface area contributed by atoms with Gasteiger partial charge in [0.2, 0.25) is 5.91 Å². The lowest BCUT2D eigenvalue weighted by Crippen LogP contribution is -2.56. The monoisotopic (exact) mass is 416 g/mol. The van der Waals surface area contributed by atoms with Gasteiger partial charge in [-0.05, 0) is 37.1 Å². The van der Waals surface area contributed by atoms with Crippen molar-refractivity contribution in [3.63, 3.8) is 0 Å². The zero-order valence-electron chi connectivity index (χ0n) is 17.2. The van der Waals surface area contributed by atoms with Crippen LogP contribution in [-0.2, 0) is 16.0 Å². The first-order chi connectivity index (χ1) is 15.2. The average Bonchev–Trinajstić information content (AvgIpc) is 3.39. The van der Waals surface area contributed by atoms with E-state index in [0.29, 0.717) is 26.1 Å². The average molecular weight is 416 g/mol. The first kappa shape index (κ1) is 19.5. The molecule has 3 aromatic heterocycles. The molecule has 2 bridgehead atoms. The van der Waals surface area contributed by atoms with Gasteiger partial charge in [0.15, 0.2) is 5.65 Å². The summed E-state index contributed by atoms with van der Waals surface area (Å²) in [4.78, 5) is 25.8. The minimum absolute atomic E-state index is 0.0474. The Balaban J connectivity index is 1.14. The van der Waals surface area contributed by atoms with Crippen molar-refractivity contribution in [3.8, 4) is 12.3 Å². The summed E-state index contributed by atoms with van der Waals surface area (Å²) >= 11 is 0. The molecule has 0 radical (unpaired) electrons.